The van der Waals surface area contributed by atoms with Crippen LogP contribution < -0.4 is 9.46 Å². The number of ether oxygens (including phenoxy) is 2. The van der Waals surface area contributed by atoms with Crippen LogP contribution in [0.25, 0.3) is 0 Å². The Labute approximate surface area is 196 Å². The minimum absolute atomic E-state index is 0.00791. The van der Waals surface area contributed by atoms with Crippen LogP contribution in [0.4, 0.5) is 5.69 Å². The third-order valence-corrected chi connectivity index (χ3v) is 6.81. The van der Waals surface area contributed by atoms with E-state index in [1.807, 2.05) is 0 Å². The van der Waals surface area contributed by atoms with Crippen LogP contribution in [-0.4, -0.2) is 51.0 Å². The number of carbonyl (C=O) groups excluding carboxylic acids is 2. The predicted octanol–water partition coefficient (Wildman–Crippen LogP) is 3.82. The smallest absolute Gasteiger partial charge is 0.338 e. The van der Waals surface area contributed by atoms with Crippen LogP contribution in [0, 0.1) is 0 Å². The van der Waals surface area contributed by atoms with Gasteiger partial charge in [-0.2, -0.15) is 0 Å². The van der Waals surface area contributed by atoms with Crippen molar-refractivity contribution in [1.82, 2.24) is 4.90 Å². The van der Waals surface area contributed by atoms with Gasteiger partial charge in [0.1, 0.15) is 10.6 Å². The first-order chi connectivity index (χ1) is 15.2. The number of halogens is 1. The maximum absolute atomic E-state index is 12.9. The van der Waals surface area contributed by atoms with E-state index in [-0.39, 0.29) is 27.8 Å². The number of hydrogen-bond donors (Lipinski definition) is 1. The van der Waals surface area contributed by atoms with Crippen LogP contribution in [0.2, 0.25) is 0 Å². The molecule has 0 bridgehead atoms. The molecule has 1 aliphatic heterocycles. The van der Waals surface area contributed by atoms with Crippen LogP contribution in [0.1, 0.15) is 37.0 Å². The topological polar surface area (TPSA) is 102 Å². The van der Waals surface area contributed by atoms with Gasteiger partial charge in [-0.15, -0.1) is 0 Å². The van der Waals surface area contributed by atoms with E-state index in [1.165, 1.54) is 30.3 Å². The molecule has 8 nitrogen and oxygen atoms in total. The summed E-state index contributed by atoms with van der Waals surface area (Å²) < 4.78 is 39.5. The van der Waals surface area contributed by atoms with Crippen LogP contribution in [-0.2, 0) is 19.6 Å². The van der Waals surface area contributed by atoms with Gasteiger partial charge < -0.3 is 14.4 Å². The lowest BCUT2D eigenvalue weighted by atomic mass is 10.2. The highest BCUT2D eigenvalue weighted by atomic mass is 79.9. The fourth-order valence-corrected chi connectivity index (χ4v) is 5.07. The van der Waals surface area contributed by atoms with Gasteiger partial charge in [0, 0.05) is 23.2 Å². The molecule has 1 amide bonds. The zero-order valence-electron chi connectivity index (χ0n) is 17.8. The minimum atomic E-state index is -3.93. The van der Waals surface area contributed by atoms with Gasteiger partial charge in [-0.25, -0.2) is 13.2 Å². The van der Waals surface area contributed by atoms with Gasteiger partial charge in [-0.1, -0.05) is 15.9 Å². The van der Waals surface area contributed by atoms with Crippen molar-refractivity contribution in [2.24, 2.45) is 0 Å². The van der Waals surface area contributed by atoms with Crippen LogP contribution in [0.3, 0.4) is 0 Å². The quantitative estimate of drug-likeness (QED) is 0.526. The van der Waals surface area contributed by atoms with E-state index < -0.39 is 22.1 Å². The number of benzene rings is 2. The summed E-state index contributed by atoms with van der Waals surface area (Å²) in [4.78, 5) is 26.4. The number of likely N-dealkylation sites (tertiary alicyclic amines) is 1. The van der Waals surface area contributed by atoms with Crippen molar-refractivity contribution in [2.45, 2.75) is 37.7 Å². The Morgan fingerprint density at radius 1 is 1.12 bits per heavy atom. The van der Waals surface area contributed by atoms with Crippen LogP contribution in [0.5, 0.6) is 5.75 Å². The summed E-state index contributed by atoms with van der Waals surface area (Å²) in [5, 5.41) is 0. The van der Waals surface area contributed by atoms with Crippen molar-refractivity contribution in [1.29, 1.82) is 0 Å². The first-order valence-corrected chi connectivity index (χ1v) is 12.5. The molecule has 2 aromatic rings. The Morgan fingerprint density at radius 3 is 2.41 bits per heavy atom. The Hall–Kier alpha value is -2.59. The third-order valence-electron chi connectivity index (χ3n) is 4.92. The van der Waals surface area contributed by atoms with Gasteiger partial charge in [-0.3, -0.25) is 9.52 Å². The molecule has 0 radical (unpaired) electrons. The van der Waals surface area contributed by atoms with Crippen molar-refractivity contribution >= 4 is 43.5 Å². The average molecular weight is 525 g/mol. The van der Waals surface area contributed by atoms with Gasteiger partial charge in [0.15, 0.2) is 6.10 Å². The number of anilines is 1. The number of rotatable bonds is 8. The van der Waals surface area contributed by atoms with E-state index in [1.54, 1.807) is 30.9 Å². The molecule has 1 aliphatic rings. The number of amides is 1. The van der Waals surface area contributed by atoms with Gasteiger partial charge in [0.05, 0.1) is 12.2 Å². The molecule has 0 spiro atoms. The summed E-state index contributed by atoms with van der Waals surface area (Å²) in [5.41, 5.74) is 0.483. The molecule has 1 atom stereocenters. The third kappa shape index (κ3) is 5.80. The summed E-state index contributed by atoms with van der Waals surface area (Å²) in [6, 6.07) is 10.5. The minimum Gasteiger partial charge on any atom is -0.492 e. The summed E-state index contributed by atoms with van der Waals surface area (Å²) in [7, 11) is -3.93. The highest BCUT2D eigenvalue weighted by molar-refractivity contribution is 9.10. The second-order valence-corrected chi connectivity index (χ2v) is 9.85. The maximum atomic E-state index is 12.9. The van der Waals surface area contributed by atoms with Crippen molar-refractivity contribution in [3.05, 3.63) is 52.5 Å². The van der Waals surface area contributed by atoms with E-state index in [9.17, 15) is 18.0 Å². The molecule has 172 valence electrons. The molecule has 0 saturated carbocycles. The number of carbonyl (C=O) groups is 2. The normalized spacial score (nSPS) is 14.7. The predicted molar refractivity (Wildman–Crippen MR) is 123 cm³/mol. The molecule has 1 saturated heterocycles. The van der Waals surface area contributed by atoms with Crippen molar-refractivity contribution in [3.63, 3.8) is 0 Å². The van der Waals surface area contributed by atoms with Gasteiger partial charge >= 0.3 is 5.97 Å². The standard InChI is InChI=1S/C22H25BrN2O6S/c1-3-30-19-11-8-17(23)14-20(19)32(28,29)24-18-9-6-16(7-10-18)22(27)31-15(2)21(26)25-12-4-5-13-25/h6-11,14-15,24H,3-5,12-13H2,1-2H3/t15-/m0/s1. The first-order valence-electron chi connectivity index (χ1n) is 10.3. The fourth-order valence-electron chi connectivity index (χ4n) is 3.32. The number of esters is 1. The second-order valence-electron chi connectivity index (χ2n) is 7.29. The molecule has 10 heteroatoms. The summed E-state index contributed by atoms with van der Waals surface area (Å²) in [6.45, 7) is 5.00. The Balaban J connectivity index is 1.68. The molecular weight excluding hydrogens is 500 g/mol. The summed E-state index contributed by atoms with van der Waals surface area (Å²) in [5.74, 6) is -0.621. The van der Waals surface area contributed by atoms with Crippen LogP contribution in [0.15, 0.2) is 51.8 Å². The molecule has 3 rings (SSSR count). The lowest BCUT2D eigenvalue weighted by Gasteiger charge is -2.20. The zero-order valence-corrected chi connectivity index (χ0v) is 20.2. The number of hydrogen-bond acceptors (Lipinski definition) is 6. The second kappa shape index (κ2) is 10.4. The molecule has 2 aromatic carbocycles. The van der Waals surface area contributed by atoms with Gasteiger partial charge in [0.25, 0.3) is 15.9 Å². The van der Waals surface area contributed by atoms with E-state index in [4.69, 9.17) is 9.47 Å². The number of nitrogens with zero attached hydrogens (tertiary/aromatic N) is 1. The number of nitrogens with one attached hydrogen (secondary N) is 1. The van der Waals surface area contributed by atoms with Crippen molar-refractivity contribution in [3.8, 4) is 5.75 Å². The Bertz CT molecular complexity index is 1080. The molecule has 1 N–H and O–H groups in total. The van der Waals surface area contributed by atoms with E-state index in [0.29, 0.717) is 24.2 Å². The molecule has 0 unspecified atom stereocenters. The first kappa shape index (κ1) is 24.1. The molecule has 1 heterocycles. The summed E-state index contributed by atoms with van der Waals surface area (Å²) >= 11 is 3.28. The van der Waals surface area contributed by atoms with E-state index >= 15 is 0 Å². The highest BCUT2D eigenvalue weighted by Crippen LogP contribution is 2.29. The van der Waals surface area contributed by atoms with Crippen molar-refractivity contribution < 1.29 is 27.5 Å². The molecular formula is C22H25BrN2O6S. The maximum Gasteiger partial charge on any atom is 0.338 e. The molecule has 0 aromatic heterocycles. The molecule has 32 heavy (non-hydrogen) atoms. The molecule has 1 fully saturated rings. The Kier molecular flexibility index (Phi) is 7.78. The average Bonchev–Trinajstić information content (AvgIpc) is 3.29. The summed E-state index contributed by atoms with van der Waals surface area (Å²) in [6.07, 6.45) is 1.03. The lowest BCUT2D eigenvalue weighted by molar-refractivity contribution is -0.138. The van der Waals surface area contributed by atoms with Gasteiger partial charge in [-0.05, 0) is 69.2 Å². The van der Waals surface area contributed by atoms with Gasteiger partial charge in [0.2, 0.25) is 0 Å². The highest BCUT2D eigenvalue weighted by Gasteiger charge is 2.26. The lowest BCUT2D eigenvalue weighted by Crippen LogP contribution is -2.38. The van der Waals surface area contributed by atoms with E-state index in [2.05, 4.69) is 20.7 Å². The van der Waals surface area contributed by atoms with Crippen molar-refractivity contribution in [2.75, 3.05) is 24.4 Å². The number of sulfonamides is 1. The SMILES string of the molecule is CCOc1ccc(Br)cc1S(=O)(=O)Nc1ccc(C(=O)O[C@@H](C)C(=O)N2CCCC2)cc1. The van der Waals surface area contributed by atoms with E-state index in [0.717, 1.165) is 12.8 Å². The fraction of sp³-hybridized carbons (Fsp3) is 0.364. The molecule has 0 aliphatic carbocycles. The Morgan fingerprint density at radius 2 is 1.78 bits per heavy atom. The van der Waals surface area contributed by atoms with Crippen LogP contribution >= 0.6 is 15.9 Å². The largest absolute Gasteiger partial charge is 0.492 e. The zero-order chi connectivity index (χ0) is 23.3. The monoisotopic (exact) mass is 524 g/mol.